The molecular weight excluding hydrogens is 707 g/mol. The summed E-state index contributed by atoms with van der Waals surface area (Å²) in [5, 5.41) is 0. The first-order valence-corrected chi connectivity index (χ1v) is 16.6. The molecule has 0 atom stereocenters. The van der Waals surface area contributed by atoms with Gasteiger partial charge in [0.15, 0.2) is 35.6 Å². The number of alkyl halides is 3. The summed E-state index contributed by atoms with van der Waals surface area (Å²) in [5.41, 5.74) is -4.36. The van der Waals surface area contributed by atoms with E-state index >= 15 is 0 Å². The lowest BCUT2D eigenvalue weighted by molar-refractivity contribution is -0.0510. The Bertz CT molecular complexity index is 1690. The normalized spacial score (nSPS) is 11.3. The highest BCUT2D eigenvalue weighted by Crippen LogP contribution is 2.42. The van der Waals surface area contributed by atoms with Gasteiger partial charge in [0.1, 0.15) is 11.6 Å². The maximum absolute atomic E-state index is 14.6. The Hall–Kier alpha value is -4.90. The molecule has 0 spiro atoms. The lowest BCUT2D eigenvalue weighted by Crippen LogP contribution is -2.21. The van der Waals surface area contributed by atoms with Crippen LogP contribution < -0.4 is 14.2 Å². The molecule has 0 aliphatic rings. The first kappa shape index (κ1) is 40.5. The third kappa shape index (κ3) is 13.1. The van der Waals surface area contributed by atoms with Crippen LogP contribution in [0.15, 0.2) is 84.9 Å². The average Bonchev–Trinajstić information content (AvgIpc) is 3.10. The minimum absolute atomic E-state index is 0.0351. The van der Waals surface area contributed by atoms with Crippen LogP contribution in [0.3, 0.4) is 0 Å². The van der Waals surface area contributed by atoms with Crippen LogP contribution in [0.2, 0.25) is 0 Å². The molecule has 0 aliphatic heterocycles. The minimum Gasteiger partial charge on any atom is -0.490 e. The number of ether oxygens (including phenoxy) is 5. The summed E-state index contributed by atoms with van der Waals surface area (Å²) in [6, 6.07) is 24.1. The van der Waals surface area contributed by atoms with Gasteiger partial charge in [-0.2, -0.15) is 21.6 Å². The number of hydrogen-bond acceptors (Lipinski definition) is 9. The van der Waals surface area contributed by atoms with Crippen LogP contribution in [0.4, 0.5) is 22.0 Å². The second kappa shape index (κ2) is 20.1. The maximum Gasteiger partial charge on any atom is 0.522 e. The molecule has 1 N–H and O–H groups in total. The fourth-order valence-electron chi connectivity index (χ4n) is 4.09. The molecule has 0 fully saturated rings. The van der Waals surface area contributed by atoms with Crippen LogP contribution in [-0.4, -0.2) is 57.5 Å². The van der Waals surface area contributed by atoms with E-state index in [0.717, 1.165) is 23.3 Å². The van der Waals surface area contributed by atoms with E-state index in [2.05, 4.69) is 0 Å². The van der Waals surface area contributed by atoms with E-state index in [9.17, 15) is 31.5 Å². The highest BCUT2D eigenvalue weighted by atomic mass is 32.2. The van der Waals surface area contributed by atoms with Crippen molar-refractivity contribution < 1.29 is 68.2 Å². The lowest BCUT2D eigenvalue weighted by atomic mass is 10.1. The number of hydrogen-bond donors (Lipinski definition) is 1. The average molecular weight is 741 g/mol. The van der Waals surface area contributed by atoms with E-state index < -0.39 is 38.4 Å². The standard InChI is InChI=1S/C34H32F2O7.CHF3O3S/c35-29-13-15-31(41-19-7-17-39-23-25-9-3-1-4-10-25)33(27(29)21-37)43-34-28(22-38)30(36)14-16-32(34)42-20-8-18-40-24-26-11-5-2-6-12-26;2-1(3,4)8(5,6)7/h1-6,9-16,21-22H,7-8,17-20,23-24H2;(H,5,6,7). The summed E-state index contributed by atoms with van der Waals surface area (Å²) in [6.45, 7) is 1.97. The minimum atomic E-state index is -5.84. The molecule has 0 saturated heterocycles. The Morgan fingerprint density at radius 2 is 0.980 bits per heavy atom. The van der Waals surface area contributed by atoms with Crippen molar-refractivity contribution in [1.82, 2.24) is 0 Å². The van der Waals surface area contributed by atoms with Gasteiger partial charge in [-0.1, -0.05) is 60.7 Å². The van der Waals surface area contributed by atoms with Gasteiger partial charge in [-0.3, -0.25) is 14.1 Å². The smallest absolute Gasteiger partial charge is 0.490 e. The predicted octanol–water partition coefficient (Wildman–Crippen LogP) is 7.75. The second-order valence-electron chi connectivity index (χ2n) is 10.3. The monoisotopic (exact) mass is 740 g/mol. The molecule has 4 rings (SSSR count). The number of aldehydes is 2. The van der Waals surface area contributed by atoms with Crippen LogP contribution in [0.5, 0.6) is 23.0 Å². The molecule has 0 aliphatic carbocycles. The molecule has 274 valence electrons. The number of benzene rings is 4. The number of carbonyl (C=O) groups is 2. The summed E-state index contributed by atoms with van der Waals surface area (Å²) >= 11 is 0. The van der Waals surface area contributed by atoms with Gasteiger partial charge in [0.05, 0.1) is 50.8 Å². The summed E-state index contributed by atoms with van der Waals surface area (Å²) in [7, 11) is -5.84. The molecule has 0 heterocycles. The van der Waals surface area contributed by atoms with Crippen molar-refractivity contribution in [3.8, 4) is 23.0 Å². The highest BCUT2D eigenvalue weighted by Gasteiger charge is 2.44. The topological polar surface area (TPSA) is 135 Å². The first-order chi connectivity index (χ1) is 24.4. The molecule has 0 aromatic heterocycles. The van der Waals surface area contributed by atoms with Crippen molar-refractivity contribution in [2.24, 2.45) is 0 Å². The summed E-state index contributed by atoms with van der Waals surface area (Å²) in [6.07, 6.45) is 1.51. The molecule has 16 heteroatoms. The van der Waals surface area contributed by atoms with Crippen LogP contribution in [0.1, 0.15) is 44.7 Å². The first-order valence-electron chi connectivity index (χ1n) is 15.1. The van der Waals surface area contributed by atoms with Gasteiger partial charge in [0.25, 0.3) is 0 Å². The summed E-state index contributed by atoms with van der Waals surface area (Å²) in [5.74, 6) is -2.27. The van der Waals surface area contributed by atoms with E-state index in [1.807, 2.05) is 60.7 Å². The van der Waals surface area contributed by atoms with Gasteiger partial charge >= 0.3 is 15.6 Å². The molecule has 0 saturated carbocycles. The zero-order chi connectivity index (χ0) is 37.3. The number of halogens is 5. The quantitative estimate of drug-likeness (QED) is 0.0355. The van der Waals surface area contributed by atoms with Crippen molar-refractivity contribution in [2.75, 3.05) is 26.4 Å². The highest BCUT2D eigenvalue weighted by molar-refractivity contribution is 7.86. The molecule has 0 amide bonds. The van der Waals surface area contributed by atoms with Gasteiger partial charge in [0.2, 0.25) is 0 Å². The second-order valence-corrected chi connectivity index (χ2v) is 11.7. The lowest BCUT2D eigenvalue weighted by Gasteiger charge is -2.18. The third-order valence-corrected chi connectivity index (χ3v) is 7.14. The molecule has 0 unspecified atom stereocenters. The van der Waals surface area contributed by atoms with E-state index in [0.29, 0.717) is 39.3 Å². The van der Waals surface area contributed by atoms with Gasteiger partial charge in [-0.15, -0.1) is 0 Å². The van der Waals surface area contributed by atoms with Crippen LogP contribution in [-0.2, 0) is 32.8 Å². The third-order valence-electron chi connectivity index (χ3n) is 6.55. The van der Waals surface area contributed by atoms with Crippen LogP contribution in [0.25, 0.3) is 0 Å². The van der Waals surface area contributed by atoms with Crippen LogP contribution >= 0.6 is 0 Å². The molecule has 4 aromatic carbocycles. The Labute approximate surface area is 290 Å². The van der Waals surface area contributed by atoms with E-state index in [4.69, 9.17) is 36.7 Å². The molecule has 0 radical (unpaired) electrons. The van der Waals surface area contributed by atoms with Gasteiger partial charge in [-0.05, 0) is 35.4 Å². The van der Waals surface area contributed by atoms with Crippen molar-refractivity contribution in [3.05, 3.63) is 119 Å². The Morgan fingerprint density at radius 1 is 0.608 bits per heavy atom. The van der Waals surface area contributed by atoms with Crippen molar-refractivity contribution in [1.29, 1.82) is 0 Å². The zero-order valence-electron chi connectivity index (χ0n) is 26.8. The summed E-state index contributed by atoms with van der Waals surface area (Å²) in [4.78, 5) is 23.7. The largest absolute Gasteiger partial charge is 0.522 e. The molecule has 4 aromatic rings. The van der Waals surface area contributed by atoms with Gasteiger partial charge in [0, 0.05) is 12.8 Å². The van der Waals surface area contributed by atoms with Crippen LogP contribution in [0, 0.1) is 11.6 Å². The Morgan fingerprint density at radius 3 is 1.31 bits per heavy atom. The maximum atomic E-state index is 14.6. The molecule has 10 nitrogen and oxygen atoms in total. The molecular formula is C35H33F5O10S. The Kier molecular flexibility index (Phi) is 16.0. The fraction of sp³-hybridized carbons (Fsp3) is 0.257. The van der Waals surface area contributed by atoms with Crippen molar-refractivity contribution >= 4 is 22.7 Å². The number of rotatable bonds is 18. The van der Waals surface area contributed by atoms with E-state index in [1.54, 1.807) is 0 Å². The Balaban J connectivity index is 0.000000783. The van der Waals surface area contributed by atoms with E-state index in [-0.39, 0.29) is 48.8 Å². The van der Waals surface area contributed by atoms with Gasteiger partial charge in [-0.25, -0.2) is 8.78 Å². The number of carbonyl (C=O) groups excluding carboxylic acids is 2. The van der Waals surface area contributed by atoms with Crippen molar-refractivity contribution in [2.45, 2.75) is 31.6 Å². The van der Waals surface area contributed by atoms with E-state index in [1.165, 1.54) is 12.1 Å². The molecule has 0 bridgehead atoms. The summed E-state index contributed by atoms with van der Waals surface area (Å²) < 4.78 is 116. The van der Waals surface area contributed by atoms with Gasteiger partial charge < -0.3 is 23.7 Å². The predicted molar refractivity (Wildman–Crippen MR) is 174 cm³/mol. The zero-order valence-corrected chi connectivity index (χ0v) is 27.6. The fourth-order valence-corrected chi connectivity index (χ4v) is 4.09. The molecule has 51 heavy (non-hydrogen) atoms. The van der Waals surface area contributed by atoms with Crippen molar-refractivity contribution in [3.63, 3.8) is 0 Å². The SMILES string of the molecule is O=Cc1c(F)ccc(OCCCOCc2ccccc2)c1Oc1c(OCCCOCc2ccccc2)ccc(F)c1C=O.O=S(=O)(O)C(F)(F)F.